The van der Waals surface area contributed by atoms with E-state index in [1.54, 1.807) is 50.1 Å². The summed E-state index contributed by atoms with van der Waals surface area (Å²) in [5.41, 5.74) is 1.75. The van der Waals surface area contributed by atoms with Crippen LogP contribution in [-0.2, 0) is 51.4 Å². The minimum atomic E-state index is -1.33. The Balaban J connectivity index is 1.27. The molecule has 5 amide bonds. The number of ketones is 1. The number of rotatable bonds is 30. The lowest BCUT2D eigenvalue weighted by molar-refractivity contribution is -0.140. The van der Waals surface area contributed by atoms with Crippen molar-refractivity contribution in [1.29, 1.82) is 0 Å². The molecule has 2 aromatic carbocycles. The van der Waals surface area contributed by atoms with Gasteiger partial charge in [0, 0.05) is 102 Å². The fraction of sp³-hybridized carbons (Fsp3) is 0.519. The van der Waals surface area contributed by atoms with Gasteiger partial charge >= 0.3 is 35.9 Å². The van der Waals surface area contributed by atoms with Gasteiger partial charge in [0.1, 0.15) is 6.04 Å². The predicted molar refractivity (Wildman–Crippen MR) is 279 cm³/mol. The first kappa shape index (κ1) is 61.9. The number of hydrogen-bond acceptors (Lipinski definition) is 15. The lowest BCUT2D eigenvalue weighted by atomic mass is 10.1. The van der Waals surface area contributed by atoms with Crippen LogP contribution in [0.15, 0.2) is 60.8 Å². The number of amides is 5. The highest BCUT2D eigenvalue weighted by Gasteiger charge is 2.26. The van der Waals surface area contributed by atoms with Gasteiger partial charge in [-0.25, -0.2) is 9.59 Å². The van der Waals surface area contributed by atoms with Crippen LogP contribution in [0.4, 0.5) is 4.79 Å². The molecule has 420 valence electrons. The number of carboxylic acid groups (broad SMARTS) is 5. The van der Waals surface area contributed by atoms with Crippen LogP contribution in [0, 0.1) is 0 Å². The fourth-order valence-electron chi connectivity index (χ4n) is 8.57. The minimum absolute atomic E-state index is 0.00693. The minimum Gasteiger partial charge on any atom is -0.481 e. The Morgan fingerprint density at radius 3 is 1.69 bits per heavy atom. The van der Waals surface area contributed by atoms with Crippen molar-refractivity contribution < 1.29 is 73.5 Å². The number of nitrogens with one attached hydrogen (secondary N) is 4. The molecule has 0 unspecified atom stereocenters. The van der Waals surface area contributed by atoms with Gasteiger partial charge in [-0.1, -0.05) is 36.4 Å². The van der Waals surface area contributed by atoms with Crippen LogP contribution in [-0.4, -0.2) is 218 Å². The van der Waals surface area contributed by atoms with Crippen LogP contribution >= 0.6 is 0 Å². The summed E-state index contributed by atoms with van der Waals surface area (Å²) in [6.07, 6.45) is 2.90. The van der Waals surface area contributed by atoms with Crippen LogP contribution in [0.3, 0.4) is 0 Å². The van der Waals surface area contributed by atoms with E-state index in [9.17, 15) is 68.4 Å². The third kappa shape index (κ3) is 23.9. The van der Waals surface area contributed by atoms with Gasteiger partial charge in [-0.05, 0) is 74.6 Å². The zero-order chi connectivity index (χ0) is 56.3. The number of fused-ring (bicyclic) bond motifs is 1. The molecule has 2 heterocycles. The number of aliphatic carboxylic acids is 5. The first-order valence-electron chi connectivity index (χ1n) is 25.6. The first-order chi connectivity index (χ1) is 36.8. The molecule has 4 rings (SSSR count). The van der Waals surface area contributed by atoms with Crippen molar-refractivity contribution in [3.05, 3.63) is 77.6 Å². The summed E-state index contributed by atoms with van der Waals surface area (Å²) >= 11 is 0. The number of nitrogens with zero attached hydrogens (tertiary/aromatic N) is 6. The quantitative estimate of drug-likeness (QED) is 0.0421. The number of carboxylic acids is 5. The smallest absolute Gasteiger partial charge is 0.326 e. The molecule has 0 saturated carbocycles. The number of hydrogen-bond donors (Lipinski definition) is 9. The van der Waals surface area contributed by atoms with E-state index in [-0.39, 0.29) is 135 Å². The average Bonchev–Trinajstić information content (AvgIpc) is 3.37. The van der Waals surface area contributed by atoms with E-state index in [1.165, 1.54) is 6.92 Å². The van der Waals surface area contributed by atoms with Gasteiger partial charge in [0.15, 0.2) is 5.78 Å². The molecule has 1 aromatic heterocycles. The van der Waals surface area contributed by atoms with Crippen molar-refractivity contribution in [2.45, 2.75) is 83.5 Å². The van der Waals surface area contributed by atoms with Gasteiger partial charge < -0.3 is 51.7 Å². The van der Waals surface area contributed by atoms with Gasteiger partial charge in [-0.15, -0.1) is 0 Å². The molecule has 25 heteroatoms. The Morgan fingerprint density at radius 2 is 1.14 bits per heavy atom. The standard InChI is InChI=1S/C52H72N10O15/c1-36(63)41(16-17-46(66)67)56-52(77)57-42(51(75)76)10-5-7-21-62(31-43-40-9-3-2-8-38(40)18-20-53-43)50(74)39-14-12-37(13-15-39)30-55-44(64)11-4-6-19-54-45(65)32-58-22-24-59(33-47(68)69)26-28-61(35-49(72)73)29-27-60(25-23-58)34-48(70)71/h2-3,8-9,12-15,18,20,41-42H,4-7,10-11,16-17,19,21-35H2,1H3,(H,54,65)(H,55,64)(H,66,67)(H,68,69)(H,70,71)(H,72,73)(H,75,76)(H2,56,57,77)/t41-,42-/m1/s1. The summed E-state index contributed by atoms with van der Waals surface area (Å²) in [7, 11) is 0. The summed E-state index contributed by atoms with van der Waals surface area (Å²) in [5.74, 6) is -6.92. The third-order valence-corrected chi connectivity index (χ3v) is 12.8. The van der Waals surface area contributed by atoms with Gasteiger partial charge in [0.2, 0.25) is 11.8 Å². The number of benzene rings is 2. The van der Waals surface area contributed by atoms with Crippen LogP contribution in [0.5, 0.6) is 0 Å². The van der Waals surface area contributed by atoms with Crippen LogP contribution in [0.2, 0.25) is 0 Å². The van der Waals surface area contributed by atoms with Crippen molar-refractivity contribution in [3.8, 4) is 0 Å². The molecule has 3 aromatic rings. The Morgan fingerprint density at radius 1 is 0.584 bits per heavy atom. The molecule has 1 aliphatic rings. The monoisotopic (exact) mass is 1080 g/mol. The highest BCUT2D eigenvalue weighted by atomic mass is 16.4. The van der Waals surface area contributed by atoms with Gasteiger partial charge in [0.25, 0.3) is 5.91 Å². The molecule has 0 spiro atoms. The summed E-state index contributed by atoms with van der Waals surface area (Å²) in [5, 5.41) is 59.4. The second kappa shape index (κ2) is 32.7. The molecule has 77 heavy (non-hydrogen) atoms. The van der Waals surface area contributed by atoms with Crippen LogP contribution < -0.4 is 21.3 Å². The van der Waals surface area contributed by atoms with E-state index in [2.05, 4.69) is 26.3 Å². The lowest BCUT2D eigenvalue weighted by Gasteiger charge is -2.32. The molecule has 0 aliphatic carbocycles. The first-order valence-corrected chi connectivity index (χ1v) is 25.6. The molecule has 1 saturated heterocycles. The van der Waals surface area contributed by atoms with E-state index in [4.69, 9.17) is 5.11 Å². The molecular weight excluding hydrogens is 1000 g/mol. The zero-order valence-corrected chi connectivity index (χ0v) is 43.4. The maximum atomic E-state index is 14.1. The lowest BCUT2D eigenvalue weighted by Crippen LogP contribution is -2.50. The summed E-state index contributed by atoms with van der Waals surface area (Å²) in [6, 6.07) is 12.9. The summed E-state index contributed by atoms with van der Waals surface area (Å²) < 4.78 is 0. The van der Waals surface area contributed by atoms with E-state index in [0.717, 1.165) is 16.3 Å². The Kier molecular flexibility index (Phi) is 26.3. The second-order valence-electron chi connectivity index (χ2n) is 18.9. The molecule has 9 N–H and O–H groups in total. The largest absolute Gasteiger partial charge is 0.481 e. The number of carbonyl (C=O) groups is 10. The SMILES string of the molecule is CC(=O)[C@@H](CCC(=O)O)NC(=O)N[C@H](CCCCN(Cc1nccc2ccccc12)C(=O)c1ccc(CNC(=O)CCCCNC(=O)CN2CCN(CC(=O)O)CCN(CC(=O)O)CCN(CC(=O)O)CC2)cc1)C(=O)O. The number of carbonyl (C=O) groups excluding carboxylic acids is 5. The van der Waals surface area contributed by atoms with Crippen molar-refractivity contribution in [3.63, 3.8) is 0 Å². The highest BCUT2D eigenvalue weighted by Crippen LogP contribution is 2.20. The number of Topliss-reactive ketones (excluding diaryl/α,β-unsaturated/α-hetero) is 1. The van der Waals surface area contributed by atoms with E-state index >= 15 is 0 Å². The van der Waals surface area contributed by atoms with Crippen LogP contribution in [0.25, 0.3) is 10.8 Å². The Hall–Kier alpha value is -7.61. The Labute approximate surface area is 445 Å². The molecule has 25 nitrogen and oxygen atoms in total. The number of pyridine rings is 1. The average molecular weight is 1080 g/mol. The topological polar surface area (TPSA) is 349 Å². The zero-order valence-electron chi connectivity index (χ0n) is 43.4. The maximum absolute atomic E-state index is 14.1. The van der Waals surface area contributed by atoms with E-state index in [1.807, 2.05) is 35.2 Å². The molecule has 0 bridgehead atoms. The molecule has 2 atom stereocenters. The van der Waals surface area contributed by atoms with Crippen LogP contribution in [0.1, 0.15) is 79.9 Å². The predicted octanol–water partition coefficient (Wildman–Crippen LogP) is 1.00. The normalized spacial score (nSPS) is 14.9. The Bertz CT molecular complexity index is 2460. The number of aromatic nitrogens is 1. The number of urea groups is 1. The highest BCUT2D eigenvalue weighted by molar-refractivity contribution is 5.95. The second-order valence-corrected chi connectivity index (χ2v) is 18.9. The van der Waals surface area contributed by atoms with Gasteiger partial charge in [0.05, 0.1) is 44.5 Å². The molecule has 1 aliphatic heterocycles. The fourth-order valence-corrected chi connectivity index (χ4v) is 8.57. The van der Waals surface area contributed by atoms with Crippen molar-refractivity contribution >= 4 is 70.2 Å². The van der Waals surface area contributed by atoms with E-state index < -0.39 is 53.7 Å². The molecule has 0 radical (unpaired) electrons. The van der Waals surface area contributed by atoms with Crippen molar-refractivity contribution in [2.75, 3.05) is 91.6 Å². The third-order valence-electron chi connectivity index (χ3n) is 12.8. The van der Waals surface area contributed by atoms with Gasteiger partial charge in [-0.3, -0.25) is 62.9 Å². The van der Waals surface area contributed by atoms with Crippen molar-refractivity contribution in [1.82, 2.24) is 50.8 Å². The van der Waals surface area contributed by atoms with Gasteiger partial charge in [-0.2, -0.15) is 0 Å². The molecular formula is C52H72N10O15. The maximum Gasteiger partial charge on any atom is 0.326 e. The molecule has 1 fully saturated rings. The van der Waals surface area contributed by atoms with Crippen molar-refractivity contribution in [2.24, 2.45) is 0 Å². The summed E-state index contributed by atoms with van der Waals surface area (Å²) in [6.45, 7) is 3.35. The number of unbranched alkanes of at least 4 members (excludes halogenated alkanes) is 2. The van der Waals surface area contributed by atoms with E-state index in [0.29, 0.717) is 50.2 Å². The summed E-state index contributed by atoms with van der Waals surface area (Å²) in [4.78, 5) is 135.